The van der Waals surface area contributed by atoms with Crippen molar-refractivity contribution in [2.45, 2.75) is 12.5 Å². The molecule has 0 radical (unpaired) electrons. The normalized spacial score (nSPS) is 22.3. The highest BCUT2D eigenvalue weighted by Crippen LogP contribution is 2.27. The quantitative estimate of drug-likeness (QED) is 0.788. The van der Waals surface area contributed by atoms with Crippen molar-refractivity contribution < 1.29 is 17.9 Å². The Hall–Kier alpha value is -1.07. The van der Waals surface area contributed by atoms with Crippen molar-refractivity contribution >= 4 is 27.7 Å². The molecule has 92 valence electrons. The lowest BCUT2D eigenvalue weighted by molar-refractivity contribution is 0.111. The lowest BCUT2D eigenvalue weighted by Gasteiger charge is -2.14. The van der Waals surface area contributed by atoms with E-state index in [1.165, 1.54) is 0 Å². The molecule has 1 atom stereocenters. The molecule has 4 nitrogen and oxygen atoms in total. The Balaban J connectivity index is 2.20. The molecule has 17 heavy (non-hydrogen) atoms. The molecule has 0 aliphatic carbocycles. The van der Waals surface area contributed by atoms with E-state index in [4.69, 9.17) is 16.3 Å². The molecule has 1 aliphatic heterocycles. The summed E-state index contributed by atoms with van der Waals surface area (Å²) in [4.78, 5) is 10.9. The van der Waals surface area contributed by atoms with Gasteiger partial charge in [0, 0.05) is 0 Å². The molecule has 0 spiro atoms. The Morgan fingerprint density at radius 3 is 2.76 bits per heavy atom. The molecule has 0 saturated carbocycles. The van der Waals surface area contributed by atoms with Crippen molar-refractivity contribution in [3.8, 4) is 5.75 Å². The molecule has 1 unspecified atom stereocenters. The third-order valence-electron chi connectivity index (χ3n) is 2.62. The number of carbonyl (C=O) groups is 1. The van der Waals surface area contributed by atoms with Crippen LogP contribution in [-0.4, -0.2) is 32.3 Å². The first-order valence-electron chi connectivity index (χ1n) is 5.12. The molecule has 1 heterocycles. The number of carbonyl (C=O) groups excluding carboxylic acids is 1. The number of benzene rings is 1. The van der Waals surface area contributed by atoms with Crippen LogP contribution < -0.4 is 4.74 Å². The van der Waals surface area contributed by atoms with Crippen molar-refractivity contribution in [1.29, 1.82) is 0 Å². The second-order valence-electron chi connectivity index (χ2n) is 3.91. The number of rotatable bonds is 3. The number of hydrogen-bond donors (Lipinski definition) is 0. The molecular formula is C11H11ClO4S. The van der Waals surface area contributed by atoms with Gasteiger partial charge in [-0.3, -0.25) is 4.79 Å². The standard InChI is InChI=1S/C11H11ClO4S/c12-10-2-1-3-11(9(10)6-13)16-8-4-5-17(14,15)7-8/h1-3,6,8H,4-5,7H2. The fraction of sp³-hybridized carbons (Fsp3) is 0.364. The molecule has 1 fully saturated rings. The summed E-state index contributed by atoms with van der Waals surface area (Å²) >= 11 is 5.84. The lowest BCUT2D eigenvalue weighted by Crippen LogP contribution is -2.18. The number of halogens is 1. The largest absolute Gasteiger partial charge is 0.489 e. The van der Waals surface area contributed by atoms with Crippen molar-refractivity contribution in [3.05, 3.63) is 28.8 Å². The molecule has 0 bridgehead atoms. The maximum atomic E-state index is 11.3. The molecule has 0 amide bonds. The van der Waals surface area contributed by atoms with E-state index in [0.29, 0.717) is 23.5 Å². The Morgan fingerprint density at radius 2 is 2.18 bits per heavy atom. The summed E-state index contributed by atoms with van der Waals surface area (Å²) in [5.41, 5.74) is 0.262. The first kappa shape index (κ1) is 12.4. The van der Waals surface area contributed by atoms with E-state index in [-0.39, 0.29) is 17.1 Å². The molecule has 2 rings (SSSR count). The molecular weight excluding hydrogens is 264 g/mol. The highest BCUT2D eigenvalue weighted by molar-refractivity contribution is 7.91. The van der Waals surface area contributed by atoms with Gasteiger partial charge in [-0.15, -0.1) is 0 Å². The van der Waals surface area contributed by atoms with Crippen molar-refractivity contribution in [1.82, 2.24) is 0 Å². The van der Waals surface area contributed by atoms with Gasteiger partial charge >= 0.3 is 0 Å². The van der Waals surface area contributed by atoms with Crippen molar-refractivity contribution in [2.75, 3.05) is 11.5 Å². The van der Waals surface area contributed by atoms with E-state index >= 15 is 0 Å². The second-order valence-corrected chi connectivity index (χ2v) is 6.55. The minimum absolute atomic E-state index is 0.00217. The van der Waals surface area contributed by atoms with Crippen LogP contribution in [0.15, 0.2) is 18.2 Å². The number of aldehydes is 1. The highest BCUT2D eigenvalue weighted by atomic mass is 35.5. The van der Waals surface area contributed by atoms with Gasteiger partial charge in [0.1, 0.15) is 11.9 Å². The van der Waals surface area contributed by atoms with E-state index in [2.05, 4.69) is 0 Å². The molecule has 6 heteroatoms. The van der Waals surface area contributed by atoms with Gasteiger partial charge < -0.3 is 4.74 Å². The zero-order valence-electron chi connectivity index (χ0n) is 8.93. The molecule has 0 aromatic heterocycles. The van der Waals surface area contributed by atoms with Crippen LogP contribution in [-0.2, 0) is 9.84 Å². The van der Waals surface area contributed by atoms with Gasteiger partial charge in [-0.05, 0) is 18.6 Å². The van der Waals surface area contributed by atoms with Crippen LogP contribution in [0.25, 0.3) is 0 Å². The van der Waals surface area contributed by atoms with Gasteiger partial charge in [0.25, 0.3) is 0 Å². The summed E-state index contributed by atoms with van der Waals surface area (Å²) in [6.45, 7) is 0. The predicted octanol–water partition coefficient (Wildman–Crippen LogP) is 1.72. The Labute approximate surface area is 104 Å². The van der Waals surface area contributed by atoms with Gasteiger partial charge in [0.2, 0.25) is 0 Å². The second kappa shape index (κ2) is 4.66. The Kier molecular flexibility index (Phi) is 3.40. The molecule has 1 aromatic carbocycles. The van der Waals surface area contributed by atoms with Gasteiger partial charge in [0.15, 0.2) is 16.1 Å². The van der Waals surface area contributed by atoms with Gasteiger partial charge in [0.05, 0.1) is 22.1 Å². The van der Waals surface area contributed by atoms with Gasteiger partial charge in [-0.2, -0.15) is 0 Å². The minimum atomic E-state index is -2.99. The topological polar surface area (TPSA) is 60.4 Å². The summed E-state index contributed by atoms with van der Waals surface area (Å²) in [5.74, 6) is 0.474. The third-order valence-corrected chi connectivity index (χ3v) is 4.68. The maximum absolute atomic E-state index is 11.3. The van der Waals surface area contributed by atoms with E-state index in [0.717, 1.165) is 0 Å². The highest BCUT2D eigenvalue weighted by Gasteiger charge is 2.29. The van der Waals surface area contributed by atoms with E-state index < -0.39 is 15.9 Å². The van der Waals surface area contributed by atoms with Crippen molar-refractivity contribution in [2.24, 2.45) is 0 Å². The van der Waals surface area contributed by atoms with Crippen LogP contribution >= 0.6 is 11.6 Å². The Morgan fingerprint density at radius 1 is 1.41 bits per heavy atom. The smallest absolute Gasteiger partial charge is 0.155 e. The summed E-state index contributed by atoms with van der Waals surface area (Å²) in [5, 5.41) is 0.304. The monoisotopic (exact) mass is 274 g/mol. The average Bonchev–Trinajstić information content (AvgIpc) is 2.58. The average molecular weight is 275 g/mol. The summed E-state index contributed by atoms with van der Waals surface area (Å²) < 4.78 is 28.1. The summed E-state index contributed by atoms with van der Waals surface area (Å²) in [6, 6.07) is 4.86. The summed E-state index contributed by atoms with van der Waals surface area (Å²) in [6.07, 6.45) is 0.672. The lowest BCUT2D eigenvalue weighted by atomic mass is 10.2. The Bertz CT molecular complexity index is 538. The van der Waals surface area contributed by atoms with Crippen LogP contribution in [0, 0.1) is 0 Å². The van der Waals surface area contributed by atoms with Crippen LogP contribution in [0.4, 0.5) is 0 Å². The molecule has 1 aliphatic rings. The predicted molar refractivity (Wildman–Crippen MR) is 64.5 cm³/mol. The number of ether oxygens (including phenoxy) is 1. The first-order valence-corrected chi connectivity index (χ1v) is 7.32. The fourth-order valence-corrected chi connectivity index (χ4v) is 3.57. The van der Waals surface area contributed by atoms with Gasteiger partial charge in [-0.25, -0.2) is 8.42 Å². The summed E-state index contributed by atoms with van der Waals surface area (Å²) in [7, 11) is -2.99. The zero-order chi connectivity index (χ0) is 12.5. The van der Waals surface area contributed by atoms with Crippen LogP contribution in [0.5, 0.6) is 5.75 Å². The van der Waals surface area contributed by atoms with E-state index in [1.807, 2.05) is 0 Å². The maximum Gasteiger partial charge on any atom is 0.155 e. The first-order chi connectivity index (χ1) is 8.02. The molecule has 1 saturated heterocycles. The number of hydrogen-bond acceptors (Lipinski definition) is 4. The van der Waals surface area contributed by atoms with E-state index in [9.17, 15) is 13.2 Å². The minimum Gasteiger partial charge on any atom is -0.489 e. The SMILES string of the molecule is O=Cc1c(Cl)cccc1OC1CCS(=O)(=O)C1. The van der Waals surface area contributed by atoms with Crippen molar-refractivity contribution in [3.63, 3.8) is 0 Å². The molecule has 0 N–H and O–H groups in total. The van der Waals surface area contributed by atoms with Crippen LogP contribution in [0.3, 0.4) is 0 Å². The zero-order valence-corrected chi connectivity index (χ0v) is 10.5. The third kappa shape index (κ3) is 2.79. The number of sulfone groups is 1. The van der Waals surface area contributed by atoms with E-state index in [1.54, 1.807) is 18.2 Å². The molecule has 1 aromatic rings. The fourth-order valence-electron chi connectivity index (χ4n) is 1.77. The van der Waals surface area contributed by atoms with Gasteiger partial charge in [-0.1, -0.05) is 17.7 Å². The van der Waals surface area contributed by atoms with Crippen LogP contribution in [0.2, 0.25) is 5.02 Å². The van der Waals surface area contributed by atoms with Crippen LogP contribution in [0.1, 0.15) is 16.8 Å².